The van der Waals surface area contributed by atoms with E-state index in [9.17, 15) is 30.7 Å². The normalized spacial score (nSPS) is 18.0. The Bertz CT molecular complexity index is 2560. The topological polar surface area (TPSA) is 211 Å². The van der Waals surface area contributed by atoms with E-state index in [1.165, 1.54) is 30.5 Å². The van der Waals surface area contributed by atoms with Crippen LogP contribution in [0, 0.1) is 0 Å². The Morgan fingerprint density at radius 2 is 1.66 bits per heavy atom. The first-order chi connectivity index (χ1) is 26.9. The Kier molecular flexibility index (Phi) is 13.4. The summed E-state index contributed by atoms with van der Waals surface area (Å²) in [6, 6.07) is 17.7. The number of nitrogen functional groups attached to an aromatic ring is 1. The van der Waals surface area contributed by atoms with Crippen LogP contribution in [0.3, 0.4) is 0 Å². The number of allylic oxidation sites excluding steroid dienone is 4. The van der Waals surface area contributed by atoms with Gasteiger partial charge in [-0.2, -0.15) is 9.56 Å². The Hall–Kier alpha value is -4.42. The molecule has 3 aromatic carbocycles. The fourth-order valence-electron chi connectivity index (χ4n) is 7.79. The summed E-state index contributed by atoms with van der Waals surface area (Å²) < 4.78 is 79.9. The predicted octanol–water partition coefficient (Wildman–Crippen LogP) is 2.78. The van der Waals surface area contributed by atoms with Gasteiger partial charge in [0.15, 0.2) is 5.71 Å². The van der Waals surface area contributed by atoms with E-state index >= 15 is 0 Å². The third kappa shape index (κ3) is 9.23. The molecule has 0 saturated heterocycles. The van der Waals surface area contributed by atoms with Gasteiger partial charge in [-0.1, -0.05) is 18.2 Å². The van der Waals surface area contributed by atoms with Crippen molar-refractivity contribution in [3.05, 3.63) is 114 Å². The van der Waals surface area contributed by atoms with Crippen LogP contribution in [-0.4, -0.2) is 65.2 Å². The summed E-state index contributed by atoms with van der Waals surface area (Å²) in [7, 11) is -9.40. The standard InChI is InChI=1S/C41H46N6O8S2.Na/c1-6-46-33-18-16-29(56(49,50)51)24-31(33)40(3,4)35(46)13-9-14-36-41(5,32-25-30(57(52,53)54)17-19-34(32)47(36)7-2)21-10-15-38(48)44-26-27-11-8-12-28(23-27)55-39-43-22-20-37(42)45-39;/h8-9,11-14,16-20,22-25H,6-7,10,15,21,26H2,1-5H3,(H4-,42,43,44,45,48,49,50,51,52,53,54);/q;+1/p-1. The van der Waals surface area contributed by atoms with Crippen LogP contribution in [0.15, 0.2) is 107 Å². The third-order valence-corrected chi connectivity index (χ3v) is 12.3. The van der Waals surface area contributed by atoms with Gasteiger partial charge >= 0.3 is 35.6 Å². The van der Waals surface area contributed by atoms with Crippen molar-refractivity contribution >= 4 is 49.0 Å². The number of hydrogen-bond acceptors (Lipinski definition) is 12. The maximum atomic E-state index is 13.2. The molecule has 58 heavy (non-hydrogen) atoms. The van der Waals surface area contributed by atoms with E-state index in [-0.39, 0.29) is 70.0 Å². The first kappa shape index (κ1) is 44.7. The van der Waals surface area contributed by atoms with E-state index in [0.717, 1.165) is 33.9 Å². The Balaban J connectivity index is 0.00000641. The van der Waals surface area contributed by atoms with Gasteiger partial charge in [0, 0.05) is 60.2 Å². The van der Waals surface area contributed by atoms with Gasteiger partial charge in [0.25, 0.3) is 0 Å². The average molecular weight is 837 g/mol. The van der Waals surface area contributed by atoms with Gasteiger partial charge in [0.2, 0.25) is 11.6 Å². The van der Waals surface area contributed by atoms with Crippen LogP contribution in [-0.2, 0) is 42.4 Å². The van der Waals surface area contributed by atoms with Crippen molar-refractivity contribution in [2.45, 2.75) is 81.0 Å². The number of nitrogens with two attached hydrogens (primary N) is 1. The average Bonchev–Trinajstić information content (AvgIpc) is 3.52. The molecule has 2 aliphatic heterocycles. The molecule has 17 heteroatoms. The molecule has 4 aromatic rings. The molecule has 3 N–H and O–H groups in total. The fourth-order valence-corrected chi connectivity index (χ4v) is 8.78. The SMILES string of the molecule is CCN1/C(=C/C=C/C2=[N+](CC)c3ccc(S(=O)(=O)[O-])cc3C2(C)C)C(C)(CCCC(=O)NCc2cccc(Oc3nccc(N)n3)c2)c2cc(S(=O)(=O)[O-])ccc21.[Na+]. The number of rotatable bonds is 14. The Labute approximate surface area is 361 Å². The van der Waals surface area contributed by atoms with Crippen molar-refractivity contribution in [1.29, 1.82) is 0 Å². The molecule has 2 aliphatic rings. The van der Waals surface area contributed by atoms with Crippen LogP contribution >= 0.6 is 0 Å². The summed E-state index contributed by atoms with van der Waals surface area (Å²) in [5, 5.41) is 2.96. The first-order valence-electron chi connectivity index (χ1n) is 18.5. The summed E-state index contributed by atoms with van der Waals surface area (Å²) in [5.41, 5.74) is 9.82. The number of benzene rings is 3. The minimum atomic E-state index is -4.75. The number of hydrogen-bond donors (Lipinski definition) is 2. The maximum Gasteiger partial charge on any atom is 1.00 e. The van der Waals surface area contributed by atoms with E-state index in [2.05, 4.69) is 24.8 Å². The van der Waals surface area contributed by atoms with Crippen molar-refractivity contribution in [3.63, 3.8) is 0 Å². The molecule has 300 valence electrons. The number of carbonyl (C=O) groups excluding carboxylic acids is 1. The van der Waals surface area contributed by atoms with Crippen LogP contribution in [0.5, 0.6) is 11.8 Å². The summed E-state index contributed by atoms with van der Waals surface area (Å²) >= 11 is 0. The van der Waals surface area contributed by atoms with Crippen LogP contribution < -0.4 is 50.2 Å². The summed E-state index contributed by atoms with van der Waals surface area (Å²) in [6.07, 6.45) is 8.41. The van der Waals surface area contributed by atoms with E-state index < -0.39 is 31.1 Å². The molecule has 0 radical (unpaired) electrons. The molecular formula is C41H45N6NaO8S2. The van der Waals surface area contributed by atoms with Crippen molar-refractivity contribution in [2.75, 3.05) is 23.7 Å². The quantitative estimate of drug-likeness (QED) is 0.107. The molecule has 1 aromatic heterocycles. The third-order valence-electron chi connectivity index (χ3n) is 10.6. The van der Waals surface area contributed by atoms with Crippen LogP contribution in [0.4, 0.5) is 17.2 Å². The molecule has 1 atom stereocenters. The molecule has 0 saturated carbocycles. The van der Waals surface area contributed by atoms with E-state index in [4.69, 9.17) is 10.5 Å². The number of carbonyl (C=O) groups is 1. The first-order valence-corrected chi connectivity index (χ1v) is 21.3. The predicted molar refractivity (Wildman–Crippen MR) is 214 cm³/mol. The van der Waals surface area contributed by atoms with Gasteiger partial charge in [-0.05, 0) is 113 Å². The van der Waals surface area contributed by atoms with Crippen molar-refractivity contribution in [3.8, 4) is 11.8 Å². The number of anilines is 2. The van der Waals surface area contributed by atoms with Crippen LogP contribution in [0.2, 0.25) is 0 Å². The second-order valence-corrected chi connectivity index (χ2v) is 17.4. The molecule has 1 amide bonds. The minimum Gasteiger partial charge on any atom is -0.744 e. The van der Waals surface area contributed by atoms with Gasteiger partial charge in [0.1, 0.15) is 38.3 Å². The molecular weight excluding hydrogens is 792 g/mol. The smallest absolute Gasteiger partial charge is 0.744 e. The molecule has 3 heterocycles. The number of fused-ring (bicyclic) bond motifs is 2. The molecule has 0 fully saturated rings. The van der Waals surface area contributed by atoms with Crippen molar-refractivity contribution in [1.82, 2.24) is 15.3 Å². The molecule has 0 bridgehead atoms. The zero-order chi connectivity index (χ0) is 41.3. The largest absolute Gasteiger partial charge is 1.00 e. The fraction of sp³-hybridized carbons (Fsp3) is 0.317. The molecule has 0 aliphatic carbocycles. The number of nitrogens with zero attached hydrogens (tertiary/aromatic N) is 4. The van der Waals surface area contributed by atoms with E-state index in [0.29, 0.717) is 37.2 Å². The van der Waals surface area contributed by atoms with Gasteiger partial charge in [-0.25, -0.2) is 21.8 Å². The van der Waals surface area contributed by atoms with Gasteiger partial charge < -0.3 is 29.8 Å². The Morgan fingerprint density at radius 1 is 0.966 bits per heavy atom. The molecule has 1 unspecified atom stereocenters. The molecule has 14 nitrogen and oxygen atoms in total. The van der Waals surface area contributed by atoms with Crippen molar-refractivity contribution in [2.24, 2.45) is 0 Å². The number of aromatic nitrogens is 2. The Morgan fingerprint density at radius 3 is 2.31 bits per heavy atom. The number of likely N-dealkylation sites (N-methyl/N-ethyl adjacent to an activating group) is 1. The van der Waals surface area contributed by atoms with Crippen LogP contribution in [0.25, 0.3) is 0 Å². The van der Waals surface area contributed by atoms with E-state index in [1.54, 1.807) is 36.4 Å². The molecule has 6 rings (SSSR count). The van der Waals surface area contributed by atoms with Crippen LogP contribution in [0.1, 0.15) is 70.6 Å². The number of ether oxygens (including phenoxy) is 1. The minimum absolute atomic E-state index is 0. The monoisotopic (exact) mass is 836 g/mol. The van der Waals surface area contributed by atoms with Gasteiger partial charge in [-0.3, -0.25) is 4.79 Å². The second-order valence-electron chi connectivity index (χ2n) is 14.7. The zero-order valence-electron chi connectivity index (χ0n) is 33.4. The summed E-state index contributed by atoms with van der Waals surface area (Å²) in [6.45, 7) is 11.3. The van der Waals surface area contributed by atoms with Gasteiger partial charge in [0.05, 0.1) is 15.2 Å². The maximum absolute atomic E-state index is 13.2. The summed E-state index contributed by atoms with van der Waals surface area (Å²) in [4.78, 5) is 22.7. The van der Waals surface area contributed by atoms with Crippen molar-refractivity contribution < 1.29 is 69.6 Å². The molecule has 0 spiro atoms. The zero-order valence-corrected chi connectivity index (χ0v) is 37.0. The second kappa shape index (κ2) is 17.4. The van der Waals surface area contributed by atoms with Gasteiger partial charge in [-0.15, -0.1) is 0 Å². The number of nitrogens with one attached hydrogen (secondary N) is 1. The number of amides is 1. The van der Waals surface area contributed by atoms with E-state index in [1.807, 2.05) is 58.9 Å². The summed E-state index contributed by atoms with van der Waals surface area (Å²) in [5.74, 6) is 0.582.